The molecule has 1 saturated carbocycles. The van der Waals surface area contributed by atoms with Crippen molar-refractivity contribution in [3.05, 3.63) is 24.3 Å². The topological polar surface area (TPSA) is 24.9 Å². The van der Waals surface area contributed by atoms with Crippen LogP contribution in [-0.2, 0) is 0 Å². The Bertz CT molecular complexity index is 321. The van der Waals surface area contributed by atoms with Crippen LogP contribution in [0, 0.1) is 11.9 Å². The molecule has 3 heteroatoms. The molecule has 1 heterocycles. The third kappa shape index (κ3) is 3.47. The smallest absolute Gasteiger partial charge is 0.214 e. The van der Waals surface area contributed by atoms with Crippen molar-refractivity contribution in [3.8, 4) is 0 Å². The normalized spacial score (nSPS) is 17.3. The van der Waals surface area contributed by atoms with E-state index in [0.717, 1.165) is 18.2 Å². The van der Waals surface area contributed by atoms with Gasteiger partial charge in [0.05, 0.1) is 0 Å². The highest BCUT2D eigenvalue weighted by atomic mass is 19.1. The zero-order chi connectivity index (χ0) is 11.2. The zero-order valence-electron chi connectivity index (χ0n) is 9.58. The lowest BCUT2D eigenvalue weighted by molar-refractivity contribution is 0.345. The van der Waals surface area contributed by atoms with Crippen LogP contribution in [0.5, 0.6) is 0 Å². The van der Waals surface area contributed by atoms with E-state index in [0.29, 0.717) is 0 Å². The Balaban J connectivity index is 1.71. The second-order valence-electron chi connectivity index (χ2n) is 4.59. The fourth-order valence-electron chi connectivity index (χ4n) is 2.41. The molecule has 0 saturated heterocycles. The fraction of sp³-hybridized carbons (Fsp3) is 0.615. The van der Waals surface area contributed by atoms with Gasteiger partial charge in [-0.05, 0) is 18.4 Å². The van der Waals surface area contributed by atoms with Gasteiger partial charge in [-0.3, -0.25) is 0 Å². The number of nitrogens with one attached hydrogen (secondary N) is 1. The first-order valence-corrected chi connectivity index (χ1v) is 6.20. The van der Waals surface area contributed by atoms with Gasteiger partial charge in [-0.25, -0.2) is 4.98 Å². The van der Waals surface area contributed by atoms with Crippen molar-refractivity contribution in [2.75, 3.05) is 11.9 Å². The molecule has 0 atom stereocenters. The van der Waals surface area contributed by atoms with Crippen LogP contribution in [0.25, 0.3) is 0 Å². The number of aromatic nitrogens is 1. The standard InChI is InChI=1S/C13H19FN2/c14-13-10-12(7-9-16-13)15-8-6-11-4-2-1-3-5-11/h7,9-11H,1-6,8H2,(H,15,16). The Morgan fingerprint density at radius 3 is 2.88 bits per heavy atom. The Labute approximate surface area is 96.3 Å². The second-order valence-corrected chi connectivity index (χ2v) is 4.59. The highest BCUT2D eigenvalue weighted by Gasteiger charge is 2.12. The Morgan fingerprint density at radius 1 is 1.31 bits per heavy atom. The highest BCUT2D eigenvalue weighted by Crippen LogP contribution is 2.26. The number of nitrogens with zero attached hydrogens (tertiary/aromatic N) is 1. The van der Waals surface area contributed by atoms with Gasteiger partial charge in [-0.1, -0.05) is 32.1 Å². The number of hydrogen-bond acceptors (Lipinski definition) is 2. The average molecular weight is 222 g/mol. The SMILES string of the molecule is Fc1cc(NCCC2CCCCC2)ccn1. The lowest BCUT2D eigenvalue weighted by Crippen LogP contribution is -2.12. The van der Waals surface area contributed by atoms with Gasteiger partial charge in [0.15, 0.2) is 0 Å². The van der Waals surface area contributed by atoms with Crippen LogP contribution >= 0.6 is 0 Å². The quantitative estimate of drug-likeness (QED) is 0.787. The van der Waals surface area contributed by atoms with Crippen molar-refractivity contribution in [2.45, 2.75) is 38.5 Å². The largest absolute Gasteiger partial charge is 0.385 e. The van der Waals surface area contributed by atoms with Gasteiger partial charge in [0.2, 0.25) is 5.95 Å². The lowest BCUT2D eigenvalue weighted by atomic mass is 9.87. The Hall–Kier alpha value is -1.12. The van der Waals surface area contributed by atoms with Crippen molar-refractivity contribution < 1.29 is 4.39 Å². The van der Waals surface area contributed by atoms with E-state index in [4.69, 9.17) is 0 Å². The van der Waals surface area contributed by atoms with E-state index in [1.54, 1.807) is 0 Å². The van der Waals surface area contributed by atoms with Gasteiger partial charge in [0, 0.05) is 24.5 Å². The molecule has 0 aromatic carbocycles. The summed E-state index contributed by atoms with van der Waals surface area (Å²) in [4.78, 5) is 3.53. The van der Waals surface area contributed by atoms with Gasteiger partial charge in [-0.15, -0.1) is 0 Å². The van der Waals surface area contributed by atoms with Gasteiger partial charge in [0.25, 0.3) is 0 Å². The van der Waals surface area contributed by atoms with Crippen molar-refractivity contribution in [3.63, 3.8) is 0 Å². The fourth-order valence-corrected chi connectivity index (χ4v) is 2.41. The van der Waals surface area contributed by atoms with E-state index >= 15 is 0 Å². The molecule has 0 spiro atoms. The molecule has 0 unspecified atom stereocenters. The second kappa shape index (κ2) is 5.83. The minimum absolute atomic E-state index is 0.414. The summed E-state index contributed by atoms with van der Waals surface area (Å²) in [6.07, 6.45) is 9.60. The van der Waals surface area contributed by atoms with E-state index < -0.39 is 5.95 Å². The summed E-state index contributed by atoms with van der Waals surface area (Å²) in [6, 6.07) is 3.25. The predicted octanol–water partition coefficient (Wildman–Crippen LogP) is 3.60. The van der Waals surface area contributed by atoms with E-state index in [1.165, 1.54) is 50.8 Å². The van der Waals surface area contributed by atoms with E-state index in [-0.39, 0.29) is 0 Å². The average Bonchev–Trinajstić information content (AvgIpc) is 2.30. The molecule has 16 heavy (non-hydrogen) atoms. The summed E-state index contributed by atoms with van der Waals surface area (Å²) in [5, 5.41) is 3.25. The van der Waals surface area contributed by atoms with Crippen LogP contribution in [0.2, 0.25) is 0 Å². The first-order chi connectivity index (χ1) is 7.84. The zero-order valence-corrected chi connectivity index (χ0v) is 9.58. The van der Waals surface area contributed by atoms with Crippen LogP contribution in [-0.4, -0.2) is 11.5 Å². The van der Waals surface area contributed by atoms with Crippen molar-refractivity contribution >= 4 is 5.69 Å². The number of hydrogen-bond donors (Lipinski definition) is 1. The van der Waals surface area contributed by atoms with Gasteiger partial charge >= 0.3 is 0 Å². The minimum atomic E-state index is -0.414. The third-order valence-corrected chi connectivity index (χ3v) is 3.33. The molecule has 2 nitrogen and oxygen atoms in total. The summed E-state index contributed by atoms with van der Waals surface area (Å²) in [5.41, 5.74) is 0.836. The number of pyridine rings is 1. The van der Waals surface area contributed by atoms with E-state index in [2.05, 4.69) is 10.3 Å². The van der Waals surface area contributed by atoms with E-state index in [9.17, 15) is 4.39 Å². The van der Waals surface area contributed by atoms with Gasteiger partial charge in [-0.2, -0.15) is 4.39 Å². The van der Waals surface area contributed by atoms with Crippen molar-refractivity contribution in [1.82, 2.24) is 4.98 Å². The molecule has 1 aromatic heterocycles. The lowest BCUT2D eigenvalue weighted by Gasteiger charge is -2.21. The monoisotopic (exact) mass is 222 g/mol. The van der Waals surface area contributed by atoms with Crippen LogP contribution < -0.4 is 5.32 Å². The van der Waals surface area contributed by atoms with Gasteiger partial charge in [0.1, 0.15) is 0 Å². The molecule has 1 fully saturated rings. The molecule has 0 bridgehead atoms. The first kappa shape index (κ1) is 11.4. The van der Waals surface area contributed by atoms with Crippen molar-refractivity contribution in [1.29, 1.82) is 0 Å². The Kier molecular flexibility index (Phi) is 4.14. The maximum atomic E-state index is 12.8. The molecule has 88 valence electrons. The molecule has 1 aromatic rings. The number of rotatable bonds is 4. The molecule has 0 amide bonds. The van der Waals surface area contributed by atoms with E-state index in [1.807, 2.05) is 6.07 Å². The predicted molar refractivity (Wildman–Crippen MR) is 63.9 cm³/mol. The van der Waals surface area contributed by atoms with Crippen LogP contribution in [0.15, 0.2) is 18.3 Å². The molecule has 1 aliphatic rings. The van der Waals surface area contributed by atoms with Crippen molar-refractivity contribution in [2.24, 2.45) is 5.92 Å². The minimum Gasteiger partial charge on any atom is -0.385 e. The number of anilines is 1. The summed E-state index contributed by atoms with van der Waals surface area (Å²) in [5.74, 6) is 0.454. The molecular formula is C13H19FN2. The maximum Gasteiger partial charge on any atom is 0.214 e. The first-order valence-electron chi connectivity index (χ1n) is 6.20. The summed E-state index contributed by atoms with van der Waals surface area (Å²) in [6.45, 7) is 0.939. The summed E-state index contributed by atoms with van der Waals surface area (Å²) >= 11 is 0. The van der Waals surface area contributed by atoms with Crippen LogP contribution in [0.4, 0.5) is 10.1 Å². The molecule has 1 aliphatic carbocycles. The third-order valence-electron chi connectivity index (χ3n) is 3.33. The molecular weight excluding hydrogens is 203 g/mol. The highest BCUT2D eigenvalue weighted by molar-refractivity contribution is 5.40. The van der Waals surface area contributed by atoms with Crippen LogP contribution in [0.1, 0.15) is 38.5 Å². The van der Waals surface area contributed by atoms with Gasteiger partial charge < -0.3 is 5.32 Å². The summed E-state index contributed by atoms with van der Waals surface area (Å²) in [7, 11) is 0. The maximum absolute atomic E-state index is 12.8. The molecule has 2 rings (SSSR count). The molecule has 0 aliphatic heterocycles. The Morgan fingerprint density at radius 2 is 2.12 bits per heavy atom. The van der Waals surface area contributed by atoms with Crippen LogP contribution in [0.3, 0.4) is 0 Å². The summed E-state index contributed by atoms with van der Waals surface area (Å²) < 4.78 is 12.8. The number of halogens is 1. The molecule has 0 radical (unpaired) electrons. The molecule has 1 N–H and O–H groups in total.